The van der Waals surface area contributed by atoms with Gasteiger partial charge >= 0.3 is 5.97 Å². The Kier molecular flexibility index (Phi) is 17.1. The first-order valence-electron chi connectivity index (χ1n) is 22.8. The number of amides is 5. The summed E-state index contributed by atoms with van der Waals surface area (Å²) >= 11 is 0. The first kappa shape index (κ1) is 49.2. The van der Waals surface area contributed by atoms with Crippen molar-refractivity contribution in [3.05, 3.63) is 144 Å². The number of carboxylic acids is 1. The SMILES string of the molecule is CC(C)C[C@H](NC(=O)[C@H](CC(C)C)NC(=O)[C@@H](Cc1c[nH]c2ccccc12)NC(=O)[C@H](Cc1ccccc1)NC(=O)[C@@H](Cc1c[nH]c2ccccc12)NC(=O)[C@@H](N)Cc1ccccc1)C(=O)O. The van der Waals surface area contributed by atoms with Crippen molar-refractivity contribution in [2.75, 3.05) is 0 Å². The van der Waals surface area contributed by atoms with E-state index in [-0.39, 0.29) is 50.4 Å². The van der Waals surface area contributed by atoms with E-state index >= 15 is 0 Å². The van der Waals surface area contributed by atoms with Gasteiger partial charge in [-0.2, -0.15) is 0 Å². The van der Waals surface area contributed by atoms with Crippen molar-refractivity contribution in [3.63, 3.8) is 0 Å². The zero-order chi connectivity index (χ0) is 48.0. The maximum Gasteiger partial charge on any atom is 0.326 e. The van der Waals surface area contributed by atoms with Crippen molar-refractivity contribution in [2.24, 2.45) is 17.6 Å². The summed E-state index contributed by atoms with van der Waals surface area (Å²) in [5.74, 6) is -4.54. The predicted octanol–water partition coefficient (Wildman–Crippen LogP) is 4.85. The Morgan fingerprint density at radius 1 is 0.463 bits per heavy atom. The third-order valence-corrected chi connectivity index (χ3v) is 11.7. The molecule has 352 valence electrons. The zero-order valence-electron chi connectivity index (χ0n) is 38.4. The second-order valence-corrected chi connectivity index (χ2v) is 18.0. The predicted molar refractivity (Wildman–Crippen MR) is 258 cm³/mol. The first-order chi connectivity index (χ1) is 32.1. The molecule has 4 aromatic carbocycles. The number of carbonyl (C=O) groups excluding carboxylic acids is 5. The van der Waals surface area contributed by atoms with Crippen LogP contribution in [0.3, 0.4) is 0 Å². The zero-order valence-corrected chi connectivity index (χ0v) is 38.4. The van der Waals surface area contributed by atoms with E-state index < -0.39 is 71.8 Å². The van der Waals surface area contributed by atoms with Crippen molar-refractivity contribution < 1.29 is 33.9 Å². The molecule has 0 saturated heterocycles. The molecule has 0 saturated carbocycles. The number of para-hydroxylation sites is 2. The number of hydrogen-bond donors (Lipinski definition) is 9. The maximum absolute atomic E-state index is 14.8. The summed E-state index contributed by atoms with van der Waals surface area (Å²) in [6, 6.07) is 26.5. The minimum atomic E-state index is -1.27. The topological polar surface area (TPSA) is 240 Å². The fraction of sp³-hybridized carbons (Fsp3) is 0.346. The number of rotatable bonds is 23. The highest BCUT2D eigenvalue weighted by molar-refractivity contribution is 5.97. The number of aliphatic carboxylic acids is 1. The van der Waals surface area contributed by atoms with Crippen molar-refractivity contribution in [2.45, 2.75) is 102 Å². The smallest absolute Gasteiger partial charge is 0.326 e. The Morgan fingerprint density at radius 3 is 1.28 bits per heavy atom. The molecule has 10 N–H and O–H groups in total. The second-order valence-electron chi connectivity index (χ2n) is 18.0. The van der Waals surface area contributed by atoms with Crippen LogP contribution in [-0.4, -0.2) is 86.8 Å². The van der Waals surface area contributed by atoms with Gasteiger partial charge in [-0.3, -0.25) is 24.0 Å². The van der Waals surface area contributed by atoms with Gasteiger partial charge in [0.15, 0.2) is 0 Å². The molecule has 67 heavy (non-hydrogen) atoms. The van der Waals surface area contributed by atoms with E-state index in [0.29, 0.717) is 11.1 Å². The van der Waals surface area contributed by atoms with Gasteiger partial charge in [0.05, 0.1) is 6.04 Å². The molecule has 0 fully saturated rings. The van der Waals surface area contributed by atoms with Crippen LogP contribution < -0.4 is 32.3 Å². The number of nitrogens with two attached hydrogens (primary N) is 1. The lowest BCUT2D eigenvalue weighted by Crippen LogP contribution is -2.60. The summed E-state index contributed by atoms with van der Waals surface area (Å²) in [5.41, 5.74) is 11.1. The van der Waals surface area contributed by atoms with Gasteiger partial charge in [-0.05, 0) is 65.5 Å². The number of nitrogens with one attached hydrogen (secondary N) is 7. The molecule has 0 spiro atoms. The van der Waals surface area contributed by atoms with Crippen molar-refractivity contribution in [3.8, 4) is 0 Å². The summed E-state index contributed by atoms with van der Waals surface area (Å²) in [4.78, 5) is 90.1. The van der Waals surface area contributed by atoms with Gasteiger partial charge in [0.2, 0.25) is 29.5 Å². The molecule has 6 rings (SSSR count). The Hall–Kier alpha value is -7.26. The molecule has 2 heterocycles. The average Bonchev–Trinajstić information content (AvgIpc) is 3.91. The molecule has 15 nitrogen and oxygen atoms in total. The Labute approximate surface area is 390 Å². The third-order valence-electron chi connectivity index (χ3n) is 11.7. The van der Waals surface area contributed by atoms with Crippen LogP contribution in [0.1, 0.15) is 62.8 Å². The van der Waals surface area contributed by atoms with E-state index in [2.05, 4.69) is 36.6 Å². The second kappa shape index (κ2) is 23.3. The highest BCUT2D eigenvalue weighted by Gasteiger charge is 2.34. The number of carboxylic acid groups (broad SMARTS) is 1. The Balaban J connectivity index is 1.30. The standard InChI is InChI=1S/C52H62N8O7/c1-31(2)23-42(48(62)60-46(52(66)67)24-32(3)4)57-51(65)45(28-36-30-55-41-22-14-12-20-38(36)41)59-49(63)43(26-34-17-9-6-10-18-34)58-50(64)44(27-35-29-54-40-21-13-11-19-37(35)40)56-47(61)39(53)25-33-15-7-5-8-16-33/h5-22,29-32,39,42-46,54-55H,23-28,53H2,1-4H3,(H,56,61)(H,57,65)(H,58,64)(H,59,63)(H,60,62)(H,66,67)/t39-,42-,43-,44+,45+,46-/m0/s1. The summed E-state index contributed by atoms with van der Waals surface area (Å²) in [6.45, 7) is 7.46. The number of aromatic amines is 2. The van der Waals surface area contributed by atoms with Gasteiger partial charge in [-0.1, -0.05) is 125 Å². The van der Waals surface area contributed by atoms with Crippen LogP contribution in [0.5, 0.6) is 0 Å². The van der Waals surface area contributed by atoms with E-state index in [4.69, 9.17) is 5.73 Å². The van der Waals surface area contributed by atoms with Gasteiger partial charge in [0.25, 0.3) is 0 Å². The van der Waals surface area contributed by atoms with Crippen LogP contribution in [0.25, 0.3) is 21.8 Å². The number of H-pyrrole nitrogens is 2. The van der Waals surface area contributed by atoms with Gasteiger partial charge in [-0.25, -0.2) is 4.79 Å². The molecule has 2 aromatic heterocycles. The normalized spacial score (nSPS) is 14.1. The van der Waals surface area contributed by atoms with Crippen LogP contribution in [-0.2, 0) is 54.5 Å². The van der Waals surface area contributed by atoms with E-state index in [1.54, 1.807) is 12.4 Å². The highest BCUT2D eigenvalue weighted by atomic mass is 16.4. The van der Waals surface area contributed by atoms with Gasteiger partial charge in [0, 0.05) is 53.5 Å². The molecule has 0 bridgehead atoms. The van der Waals surface area contributed by atoms with Crippen LogP contribution in [0, 0.1) is 11.8 Å². The molecule has 0 unspecified atom stereocenters. The fourth-order valence-electron chi connectivity index (χ4n) is 8.24. The van der Waals surface area contributed by atoms with E-state index in [9.17, 15) is 33.9 Å². The molecule has 6 aromatic rings. The molecular weight excluding hydrogens is 849 g/mol. The largest absolute Gasteiger partial charge is 0.480 e. The third kappa shape index (κ3) is 13.9. The highest BCUT2D eigenvalue weighted by Crippen LogP contribution is 2.22. The van der Waals surface area contributed by atoms with Gasteiger partial charge in [-0.15, -0.1) is 0 Å². The van der Waals surface area contributed by atoms with Crippen LogP contribution >= 0.6 is 0 Å². The summed E-state index contributed by atoms with van der Waals surface area (Å²) in [7, 11) is 0. The lowest BCUT2D eigenvalue weighted by atomic mass is 9.98. The monoisotopic (exact) mass is 910 g/mol. The fourth-order valence-corrected chi connectivity index (χ4v) is 8.24. The minimum Gasteiger partial charge on any atom is -0.480 e. The summed E-state index contributed by atoms with van der Waals surface area (Å²) in [6.07, 6.45) is 4.20. The number of fused-ring (bicyclic) bond motifs is 2. The number of hydrogen-bond acceptors (Lipinski definition) is 7. The quantitative estimate of drug-likeness (QED) is 0.0430. The molecule has 6 atom stereocenters. The maximum atomic E-state index is 14.8. The molecule has 5 amide bonds. The molecule has 0 aliphatic carbocycles. The molecule has 0 aliphatic rings. The summed E-state index contributed by atoms with van der Waals surface area (Å²) in [5, 5.41) is 25.7. The van der Waals surface area contributed by atoms with Crippen molar-refractivity contribution in [1.29, 1.82) is 0 Å². The Bertz CT molecular complexity index is 2630. The Morgan fingerprint density at radius 2 is 0.821 bits per heavy atom. The van der Waals surface area contributed by atoms with Crippen LogP contribution in [0.15, 0.2) is 122 Å². The van der Waals surface area contributed by atoms with Gasteiger partial charge < -0.3 is 47.4 Å². The lowest BCUT2D eigenvalue weighted by Gasteiger charge is -2.28. The van der Waals surface area contributed by atoms with E-state index in [1.165, 1.54) is 0 Å². The molecular formula is C52H62N8O7. The molecule has 15 heteroatoms. The number of benzene rings is 4. The molecule has 0 radical (unpaired) electrons. The van der Waals surface area contributed by atoms with Crippen LogP contribution in [0.2, 0.25) is 0 Å². The average molecular weight is 911 g/mol. The van der Waals surface area contributed by atoms with Gasteiger partial charge in [0.1, 0.15) is 30.2 Å². The van der Waals surface area contributed by atoms with E-state index in [0.717, 1.165) is 32.9 Å². The molecule has 0 aliphatic heterocycles. The lowest BCUT2D eigenvalue weighted by molar-refractivity contribution is -0.143. The number of aromatic nitrogens is 2. The van der Waals surface area contributed by atoms with Crippen LogP contribution in [0.4, 0.5) is 0 Å². The summed E-state index contributed by atoms with van der Waals surface area (Å²) < 4.78 is 0. The number of carbonyl (C=O) groups is 6. The van der Waals surface area contributed by atoms with E-state index in [1.807, 2.05) is 137 Å². The minimum absolute atomic E-state index is 0.00669. The van der Waals surface area contributed by atoms with Crippen molar-refractivity contribution >= 4 is 57.3 Å². The first-order valence-corrected chi connectivity index (χ1v) is 22.8. The van der Waals surface area contributed by atoms with Crippen molar-refractivity contribution in [1.82, 2.24) is 36.6 Å².